The van der Waals surface area contributed by atoms with E-state index in [0.29, 0.717) is 0 Å². The molecule has 0 aromatic carbocycles. The molecule has 0 saturated heterocycles. The van der Waals surface area contributed by atoms with E-state index in [2.05, 4.69) is 15.3 Å². The van der Waals surface area contributed by atoms with Crippen LogP contribution in [-0.2, 0) is 4.79 Å². The van der Waals surface area contributed by atoms with E-state index in [1.54, 1.807) is 0 Å². The Labute approximate surface area is 103 Å². The van der Waals surface area contributed by atoms with Crippen LogP contribution < -0.4 is 16.0 Å². The number of nitrogens with two attached hydrogens (primary N) is 1. The molecule has 1 aromatic rings. The summed E-state index contributed by atoms with van der Waals surface area (Å²) < 4.78 is 0. The first-order valence-electron chi connectivity index (χ1n) is 5.07. The van der Waals surface area contributed by atoms with Crippen molar-refractivity contribution >= 4 is 23.4 Å². The summed E-state index contributed by atoms with van der Waals surface area (Å²) in [6.07, 6.45) is 0. The standard InChI is InChI=1S/C9H14N6O3/c1-5-7(15(17)18)8(13-9(10)12-5)14(3)4-6(16)11-2/h4H2,1-3H3,(H,11,16)(H2,10,12,13). The quantitative estimate of drug-likeness (QED) is 0.545. The Kier molecular flexibility index (Phi) is 3.97. The summed E-state index contributed by atoms with van der Waals surface area (Å²) in [5.41, 5.74) is 5.36. The molecule has 0 aliphatic carbocycles. The molecular weight excluding hydrogens is 240 g/mol. The van der Waals surface area contributed by atoms with Crippen LogP contribution in [0.3, 0.4) is 0 Å². The number of hydrogen-bond donors (Lipinski definition) is 2. The van der Waals surface area contributed by atoms with Gasteiger partial charge in [0.1, 0.15) is 5.69 Å². The van der Waals surface area contributed by atoms with Gasteiger partial charge in [-0.05, 0) is 6.92 Å². The van der Waals surface area contributed by atoms with Crippen LogP contribution in [0.25, 0.3) is 0 Å². The van der Waals surface area contributed by atoms with Crippen LogP contribution in [0.15, 0.2) is 0 Å². The predicted molar refractivity (Wildman–Crippen MR) is 65.2 cm³/mol. The third kappa shape index (κ3) is 2.81. The van der Waals surface area contributed by atoms with E-state index in [-0.39, 0.29) is 35.6 Å². The fraction of sp³-hybridized carbons (Fsp3) is 0.444. The van der Waals surface area contributed by atoms with Gasteiger partial charge in [-0.15, -0.1) is 0 Å². The molecule has 0 fully saturated rings. The third-order valence-corrected chi connectivity index (χ3v) is 2.26. The maximum Gasteiger partial charge on any atom is 0.332 e. The van der Waals surface area contributed by atoms with Gasteiger partial charge in [-0.1, -0.05) is 0 Å². The first-order chi connectivity index (χ1) is 8.36. The maximum absolute atomic E-state index is 11.2. The molecule has 1 amide bonds. The van der Waals surface area contributed by atoms with Crippen LogP contribution in [0.1, 0.15) is 5.69 Å². The summed E-state index contributed by atoms with van der Waals surface area (Å²) in [5.74, 6) is -0.341. The lowest BCUT2D eigenvalue weighted by Crippen LogP contribution is -2.34. The number of hydrogen-bond acceptors (Lipinski definition) is 7. The van der Waals surface area contributed by atoms with Gasteiger partial charge in [0.25, 0.3) is 0 Å². The number of carbonyl (C=O) groups excluding carboxylic acids is 1. The first-order valence-corrected chi connectivity index (χ1v) is 5.07. The van der Waals surface area contributed by atoms with Gasteiger partial charge < -0.3 is 16.0 Å². The second-order valence-corrected chi connectivity index (χ2v) is 3.63. The van der Waals surface area contributed by atoms with Crippen LogP contribution in [0, 0.1) is 17.0 Å². The zero-order valence-electron chi connectivity index (χ0n) is 10.3. The Bertz CT molecular complexity index is 489. The van der Waals surface area contributed by atoms with Crippen molar-refractivity contribution in [3.05, 3.63) is 15.8 Å². The van der Waals surface area contributed by atoms with Crippen molar-refractivity contribution in [3.8, 4) is 0 Å². The third-order valence-electron chi connectivity index (χ3n) is 2.26. The number of rotatable bonds is 4. The number of nitro groups is 1. The van der Waals surface area contributed by atoms with Crippen molar-refractivity contribution in [3.63, 3.8) is 0 Å². The van der Waals surface area contributed by atoms with E-state index >= 15 is 0 Å². The monoisotopic (exact) mass is 254 g/mol. The highest BCUT2D eigenvalue weighted by molar-refractivity contribution is 5.81. The molecular formula is C9H14N6O3. The Hall–Kier alpha value is -2.45. The zero-order valence-corrected chi connectivity index (χ0v) is 10.3. The Morgan fingerprint density at radius 2 is 2.17 bits per heavy atom. The van der Waals surface area contributed by atoms with Gasteiger partial charge >= 0.3 is 5.69 Å². The lowest BCUT2D eigenvalue weighted by atomic mass is 10.3. The summed E-state index contributed by atoms with van der Waals surface area (Å²) >= 11 is 0. The highest BCUT2D eigenvalue weighted by atomic mass is 16.6. The van der Waals surface area contributed by atoms with Gasteiger partial charge in [-0.25, -0.2) is 4.98 Å². The van der Waals surface area contributed by atoms with E-state index in [1.165, 1.54) is 25.9 Å². The van der Waals surface area contributed by atoms with Crippen LogP contribution in [-0.4, -0.2) is 41.4 Å². The minimum atomic E-state index is -0.593. The highest BCUT2D eigenvalue weighted by Gasteiger charge is 2.25. The molecule has 0 aliphatic rings. The second-order valence-electron chi connectivity index (χ2n) is 3.63. The lowest BCUT2D eigenvalue weighted by Gasteiger charge is -2.17. The fourth-order valence-corrected chi connectivity index (χ4v) is 1.42. The molecule has 0 atom stereocenters. The van der Waals surface area contributed by atoms with Gasteiger partial charge in [0.05, 0.1) is 11.5 Å². The molecule has 3 N–H and O–H groups in total. The molecule has 0 spiro atoms. The number of anilines is 2. The summed E-state index contributed by atoms with van der Waals surface area (Å²) in [4.78, 5) is 30.5. The maximum atomic E-state index is 11.2. The van der Waals surface area contributed by atoms with Crippen LogP contribution in [0.5, 0.6) is 0 Å². The number of aryl methyl sites for hydroxylation is 1. The number of nitrogens with one attached hydrogen (secondary N) is 1. The molecule has 9 nitrogen and oxygen atoms in total. The number of aromatic nitrogens is 2. The number of likely N-dealkylation sites (N-methyl/N-ethyl adjacent to an activating group) is 2. The highest BCUT2D eigenvalue weighted by Crippen LogP contribution is 2.28. The Balaban J connectivity index is 3.21. The minimum Gasteiger partial charge on any atom is -0.368 e. The molecule has 0 radical (unpaired) electrons. The normalized spacial score (nSPS) is 9.94. The van der Waals surface area contributed by atoms with Crippen molar-refractivity contribution in [1.82, 2.24) is 15.3 Å². The van der Waals surface area contributed by atoms with Gasteiger partial charge in [0.15, 0.2) is 0 Å². The first kappa shape index (κ1) is 13.6. The van der Waals surface area contributed by atoms with Crippen LogP contribution in [0.2, 0.25) is 0 Å². The number of nitrogen functional groups attached to an aromatic ring is 1. The van der Waals surface area contributed by atoms with E-state index in [1.807, 2.05) is 0 Å². The molecule has 0 unspecified atom stereocenters. The SMILES string of the molecule is CNC(=O)CN(C)c1nc(N)nc(C)c1[N+](=O)[O-]. The van der Waals surface area contributed by atoms with E-state index in [0.717, 1.165) is 0 Å². The summed E-state index contributed by atoms with van der Waals surface area (Å²) in [5, 5.41) is 13.4. The van der Waals surface area contributed by atoms with Gasteiger partial charge in [0.2, 0.25) is 17.7 Å². The molecule has 1 aromatic heterocycles. The Morgan fingerprint density at radius 1 is 1.56 bits per heavy atom. The smallest absolute Gasteiger partial charge is 0.332 e. The fourth-order valence-electron chi connectivity index (χ4n) is 1.42. The van der Waals surface area contributed by atoms with Gasteiger partial charge in [-0.3, -0.25) is 14.9 Å². The van der Waals surface area contributed by atoms with Crippen LogP contribution in [0.4, 0.5) is 17.5 Å². The molecule has 9 heteroatoms. The molecule has 0 bridgehead atoms. The molecule has 0 aliphatic heterocycles. The van der Waals surface area contributed by atoms with Crippen LogP contribution >= 0.6 is 0 Å². The van der Waals surface area contributed by atoms with Crippen molar-refractivity contribution < 1.29 is 9.72 Å². The summed E-state index contributed by atoms with van der Waals surface area (Å²) in [6, 6.07) is 0. The lowest BCUT2D eigenvalue weighted by molar-refractivity contribution is -0.385. The predicted octanol–water partition coefficient (Wildman–Crippen LogP) is -0.542. The molecule has 18 heavy (non-hydrogen) atoms. The van der Waals surface area contributed by atoms with Gasteiger partial charge in [-0.2, -0.15) is 4.98 Å². The minimum absolute atomic E-state index is 0.0219. The largest absolute Gasteiger partial charge is 0.368 e. The van der Waals surface area contributed by atoms with Crippen molar-refractivity contribution in [2.75, 3.05) is 31.3 Å². The average molecular weight is 254 g/mol. The van der Waals surface area contributed by atoms with E-state index < -0.39 is 4.92 Å². The number of carbonyl (C=O) groups is 1. The summed E-state index contributed by atoms with van der Waals surface area (Å²) in [7, 11) is 2.99. The molecule has 98 valence electrons. The molecule has 1 rings (SSSR count). The average Bonchev–Trinajstić information content (AvgIpc) is 2.26. The number of amides is 1. The van der Waals surface area contributed by atoms with Gasteiger partial charge in [0, 0.05) is 14.1 Å². The molecule has 0 saturated carbocycles. The van der Waals surface area contributed by atoms with Crippen molar-refractivity contribution in [1.29, 1.82) is 0 Å². The topological polar surface area (TPSA) is 127 Å². The molecule has 1 heterocycles. The van der Waals surface area contributed by atoms with E-state index in [9.17, 15) is 14.9 Å². The Morgan fingerprint density at radius 3 is 2.67 bits per heavy atom. The zero-order chi connectivity index (χ0) is 13.9. The second kappa shape index (κ2) is 5.25. The van der Waals surface area contributed by atoms with Crippen molar-refractivity contribution in [2.45, 2.75) is 6.92 Å². The summed E-state index contributed by atoms with van der Waals surface area (Å²) in [6.45, 7) is 1.40. The van der Waals surface area contributed by atoms with E-state index in [4.69, 9.17) is 5.73 Å². The number of nitrogens with zero attached hydrogens (tertiary/aromatic N) is 4. The van der Waals surface area contributed by atoms with Crippen molar-refractivity contribution in [2.24, 2.45) is 0 Å².